The van der Waals surface area contributed by atoms with Crippen LogP contribution in [-0.4, -0.2) is 38.9 Å². The Bertz CT molecular complexity index is 702. The van der Waals surface area contributed by atoms with E-state index in [4.69, 9.17) is 9.47 Å². The molecule has 0 spiro atoms. The van der Waals surface area contributed by atoms with E-state index in [2.05, 4.69) is 0 Å². The van der Waals surface area contributed by atoms with Crippen molar-refractivity contribution in [1.82, 2.24) is 0 Å². The third-order valence-corrected chi connectivity index (χ3v) is 7.36. The summed E-state index contributed by atoms with van der Waals surface area (Å²) in [6, 6.07) is 5.81. The molecule has 27 heavy (non-hydrogen) atoms. The quantitative estimate of drug-likeness (QED) is 0.489. The second-order valence-corrected chi connectivity index (χ2v) is 10.7. The highest BCUT2D eigenvalue weighted by molar-refractivity contribution is 7.92. The smallest absolute Gasteiger partial charge is 0.160 e. The molecule has 1 aromatic rings. The molecular formula is C21H34O5S. The number of sulfone groups is 1. The summed E-state index contributed by atoms with van der Waals surface area (Å²) in [5, 5.41) is 0. The molecule has 0 unspecified atom stereocenters. The number of hydrogen-bond donors (Lipinski definition) is 0. The van der Waals surface area contributed by atoms with E-state index < -0.39 is 14.6 Å². The third kappa shape index (κ3) is 7.91. The van der Waals surface area contributed by atoms with Gasteiger partial charge < -0.3 is 9.47 Å². The summed E-state index contributed by atoms with van der Waals surface area (Å²) in [4.78, 5) is 12.0. The van der Waals surface area contributed by atoms with Crippen LogP contribution in [0.1, 0.15) is 64.9 Å². The lowest BCUT2D eigenvalue weighted by molar-refractivity contribution is -0.119. The number of methoxy groups -OCH3 is 2. The SMILES string of the molecule is COc1ccc(CCCC(=O)CCCCCS(=O)(=O)C(C)(C)C)cc1OC. The normalized spacial score (nSPS) is 12.0. The number of unbranched alkanes of at least 4 members (excludes halogenated alkanes) is 2. The summed E-state index contributed by atoms with van der Waals surface area (Å²) in [5.41, 5.74) is 1.12. The summed E-state index contributed by atoms with van der Waals surface area (Å²) in [5.74, 6) is 1.84. The van der Waals surface area contributed by atoms with Crippen molar-refractivity contribution >= 4 is 15.6 Å². The highest BCUT2D eigenvalue weighted by Crippen LogP contribution is 2.28. The highest BCUT2D eigenvalue weighted by atomic mass is 32.2. The average Bonchev–Trinajstić information content (AvgIpc) is 2.60. The minimum atomic E-state index is -3.06. The van der Waals surface area contributed by atoms with E-state index in [1.807, 2.05) is 18.2 Å². The molecule has 0 heterocycles. The number of hydrogen-bond acceptors (Lipinski definition) is 5. The van der Waals surface area contributed by atoms with Crippen LogP contribution in [0.15, 0.2) is 18.2 Å². The summed E-state index contributed by atoms with van der Waals surface area (Å²) in [7, 11) is 0.157. The van der Waals surface area contributed by atoms with Crippen molar-refractivity contribution in [2.45, 2.75) is 70.5 Å². The molecule has 0 aromatic heterocycles. The van der Waals surface area contributed by atoms with Gasteiger partial charge in [-0.25, -0.2) is 8.42 Å². The molecule has 0 bridgehead atoms. The molecule has 0 aliphatic heterocycles. The van der Waals surface area contributed by atoms with E-state index in [9.17, 15) is 13.2 Å². The standard InChI is InChI=1S/C21H34O5S/c1-21(2,3)27(23,24)15-8-6-7-11-18(22)12-9-10-17-13-14-19(25-4)20(16-17)26-5/h13-14,16H,6-12,15H2,1-5H3. The first kappa shape index (κ1) is 23.5. The molecule has 5 nitrogen and oxygen atoms in total. The summed E-state index contributed by atoms with van der Waals surface area (Å²) < 4.78 is 33.9. The molecule has 0 aliphatic rings. The van der Waals surface area contributed by atoms with E-state index in [1.165, 1.54) is 0 Å². The lowest BCUT2D eigenvalue weighted by Gasteiger charge is -2.18. The maximum Gasteiger partial charge on any atom is 0.160 e. The van der Waals surface area contributed by atoms with E-state index in [0.29, 0.717) is 30.8 Å². The Morgan fingerprint density at radius 1 is 0.926 bits per heavy atom. The van der Waals surface area contributed by atoms with Gasteiger partial charge in [0, 0.05) is 12.8 Å². The number of benzene rings is 1. The maximum absolute atomic E-state index is 12.0. The lowest BCUT2D eigenvalue weighted by Crippen LogP contribution is -2.30. The van der Waals surface area contributed by atoms with Crippen LogP contribution >= 0.6 is 0 Å². The molecule has 0 radical (unpaired) electrons. The Balaban J connectivity index is 2.25. The fraction of sp³-hybridized carbons (Fsp3) is 0.667. The van der Waals surface area contributed by atoms with Gasteiger partial charge in [0.1, 0.15) is 5.78 Å². The molecule has 6 heteroatoms. The number of carbonyl (C=O) groups excluding carboxylic acids is 1. The Morgan fingerprint density at radius 2 is 1.56 bits per heavy atom. The van der Waals surface area contributed by atoms with Gasteiger partial charge in [0.2, 0.25) is 0 Å². The summed E-state index contributed by atoms with van der Waals surface area (Å²) in [6.45, 7) is 5.18. The highest BCUT2D eigenvalue weighted by Gasteiger charge is 2.27. The zero-order valence-corrected chi connectivity index (χ0v) is 18.2. The van der Waals surface area contributed by atoms with Gasteiger partial charge in [-0.1, -0.05) is 12.5 Å². The number of aryl methyl sites for hydroxylation is 1. The Kier molecular flexibility index (Phi) is 9.30. The molecule has 0 N–H and O–H groups in total. The van der Waals surface area contributed by atoms with Crippen molar-refractivity contribution < 1.29 is 22.7 Å². The van der Waals surface area contributed by atoms with Crippen molar-refractivity contribution in [2.24, 2.45) is 0 Å². The zero-order valence-electron chi connectivity index (χ0n) is 17.3. The second kappa shape index (κ2) is 10.7. The van der Waals surface area contributed by atoms with Crippen molar-refractivity contribution in [3.8, 4) is 11.5 Å². The lowest BCUT2D eigenvalue weighted by atomic mass is 10.0. The topological polar surface area (TPSA) is 69.7 Å². The minimum Gasteiger partial charge on any atom is -0.493 e. The number of ether oxygens (including phenoxy) is 2. The second-order valence-electron chi connectivity index (χ2n) is 7.82. The van der Waals surface area contributed by atoms with Gasteiger partial charge >= 0.3 is 0 Å². The average molecular weight is 399 g/mol. The number of carbonyl (C=O) groups is 1. The number of ketones is 1. The van der Waals surface area contributed by atoms with Gasteiger partial charge in [0.25, 0.3) is 0 Å². The summed E-state index contributed by atoms with van der Waals surface area (Å²) >= 11 is 0. The van der Waals surface area contributed by atoms with Crippen molar-refractivity contribution in [2.75, 3.05) is 20.0 Å². The van der Waals surface area contributed by atoms with Crippen LogP contribution in [0.5, 0.6) is 11.5 Å². The number of Topliss-reactive ketones (excluding diaryl/α,β-unsaturated/α-hetero) is 1. The zero-order chi connectivity index (χ0) is 20.5. The van der Waals surface area contributed by atoms with Gasteiger partial charge in [-0.3, -0.25) is 4.79 Å². The van der Waals surface area contributed by atoms with Gasteiger partial charge in [-0.05, 0) is 64.2 Å². The van der Waals surface area contributed by atoms with Gasteiger partial charge in [0.15, 0.2) is 21.3 Å². The molecular weight excluding hydrogens is 364 g/mol. The van der Waals surface area contributed by atoms with Crippen LogP contribution < -0.4 is 9.47 Å². The first-order valence-electron chi connectivity index (χ1n) is 9.55. The first-order chi connectivity index (χ1) is 12.6. The van der Waals surface area contributed by atoms with Crippen LogP contribution in [0.25, 0.3) is 0 Å². The fourth-order valence-electron chi connectivity index (χ4n) is 2.75. The molecule has 0 amide bonds. The third-order valence-electron chi connectivity index (χ3n) is 4.67. The van der Waals surface area contributed by atoms with Crippen LogP contribution in [0.2, 0.25) is 0 Å². The monoisotopic (exact) mass is 398 g/mol. The predicted octanol–water partition coefficient (Wildman–Crippen LogP) is 4.37. The maximum atomic E-state index is 12.0. The Labute approximate surface area is 164 Å². The van der Waals surface area contributed by atoms with Crippen molar-refractivity contribution in [3.05, 3.63) is 23.8 Å². The minimum absolute atomic E-state index is 0.198. The van der Waals surface area contributed by atoms with Crippen molar-refractivity contribution in [1.29, 1.82) is 0 Å². The van der Waals surface area contributed by atoms with Crippen LogP contribution in [0.3, 0.4) is 0 Å². The predicted molar refractivity (Wildman–Crippen MR) is 109 cm³/mol. The molecule has 1 aromatic carbocycles. The molecule has 154 valence electrons. The molecule has 0 atom stereocenters. The Morgan fingerprint density at radius 3 is 2.15 bits per heavy atom. The first-order valence-corrected chi connectivity index (χ1v) is 11.2. The molecule has 0 saturated carbocycles. The van der Waals surface area contributed by atoms with Crippen LogP contribution in [0, 0.1) is 0 Å². The van der Waals surface area contributed by atoms with E-state index >= 15 is 0 Å². The van der Waals surface area contributed by atoms with Crippen LogP contribution in [-0.2, 0) is 21.1 Å². The number of rotatable bonds is 12. The van der Waals surface area contributed by atoms with E-state index in [-0.39, 0.29) is 11.5 Å². The van der Waals surface area contributed by atoms with E-state index in [0.717, 1.165) is 31.2 Å². The van der Waals surface area contributed by atoms with Crippen LogP contribution in [0.4, 0.5) is 0 Å². The Hall–Kier alpha value is -1.56. The van der Waals surface area contributed by atoms with Gasteiger partial charge in [-0.2, -0.15) is 0 Å². The van der Waals surface area contributed by atoms with Gasteiger partial charge in [-0.15, -0.1) is 0 Å². The van der Waals surface area contributed by atoms with Crippen molar-refractivity contribution in [3.63, 3.8) is 0 Å². The van der Waals surface area contributed by atoms with E-state index in [1.54, 1.807) is 35.0 Å². The van der Waals surface area contributed by atoms with Gasteiger partial charge in [0.05, 0.1) is 24.7 Å². The molecule has 0 fully saturated rings. The molecule has 1 rings (SSSR count). The summed E-state index contributed by atoms with van der Waals surface area (Å²) in [6.07, 6.45) is 4.85. The largest absolute Gasteiger partial charge is 0.493 e. The molecule has 0 saturated heterocycles. The molecule has 0 aliphatic carbocycles. The fourth-order valence-corrected chi connectivity index (χ4v) is 3.94.